The van der Waals surface area contributed by atoms with E-state index >= 15 is 0 Å². The second kappa shape index (κ2) is 5.84. The molecule has 1 fully saturated rings. The van der Waals surface area contributed by atoms with Crippen LogP contribution in [0.1, 0.15) is 28.8 Å². The van der Waals surface area contributed by atoms with Crippen LogP contribution in [0, 0.1) is 12.8 Å². The van der Waals surface area contributed by atoms with Crippen molar-refractivity contribution in [2.45, 2.75) is 19.8 Å². The Morgan fingerprint density at radius 3 is 2.84 bits per heavy atom. The summed E-state index contributed by atoms with van der Waals surface area (Å²) in [5, 5.41) is 15.1. The molecule has 0 unspecified atom stereocenters. The van der Waals surface area contributed by atoms with Gasteiger partial charge in [0.05, 0.1) is 11.5 Å². The maximum absolute atomic E-state index is 12.1. The van der Waals surface area contributed by atoms with Crippen LogP contribution < -0.4 is 10.6 Å². The largest absolute Gasteiger partial charge is 0.478 e. The van der Waals surface area contributed by atoms with Crippen LogP contribution >= 0.6 is 0 Å². The third-order valence-electron chi connectivity index (χ3n) is 3.49. The van der Waals surface area contributed by atoms with E-state index in [-0.39, 0.29) is 17.4 Å². The zero-order valence-electron chi connectivity index (χ0n) is 10.9. The molecule has 0 bridgehead atoms. The molecule has 0 radical (unpaired) electrons. The Morgan fingerprint density at radius 2 is 2.21 bits per heavy atom. The fraction of sp³-hybridized carbons (Fsp3) is 0.429. The first-order valence-corrected chi connectivity index (χ1v) is 6.44. The number of hydrogen-bond donors (Lipinski definition) is 3. The summed E-state index contributed by atoms with van der Waals surface area (Å²) in [4.78, 5) is 23.1. The SMILES string of the molecule is Cc1c(NC(=O)[C@H]2CCCNC2)cccc1C(=O)O. The van der Waals surface area contributed by atoms with Gasteiger partial charge in [0, 0.05) is 12.2 Å². The molecule has 0 aromatic heterocycles. The van der Waals surface area contributed by atoms with Crippen molar-refractivity contribution in [3.05, 3.63) is 29.3 Å². The predicted octanol–water partition coefficient (Wildman–Crippen LogP) is 1.63. The number of hydrogen-bond acceptors (Lipinski definition) is 3. The van der Waals surface area contributed by atoms with Crippen molar-refractivity contribution in [1.29, 1.82) is 0 Å². The first kappa shape index (κ1) is 13.5. The van der Waals surface area contributed by atoms with Gasteiger partial charge in [-0.1, -0.05) is 6.07 Å². The van der Waals surface area contributed by atoms with Crippen molar-refractivity contribution in [1.82, 2.24) is 5.32 Å². The van der Waals surface area contributed by atoms with E-state index in [1.165, 1.54) is 6.07 Å². The van der Waals surface area contributed by atoms with Gasteiger partial charge in [0.1, 0.15) is 0 Å². The van der Waals surface area contributed by atoms with Gasteiger partial charge in [0.25, 0.3) is 0 Å². The Bertz CT molecular complexity index is 493. The molecule has 1 aliphatic rings. The highest BCUT2D eigenvalue weighted by molar-refractivity contribution is 5.97. The zero-order valence-corrected chi connectivity index (χ0v) is 10.9. The second-order valence-corrected chi connectivity index (χ2v) is 4.82. The minimum absolute atomic E-state index is 0.0402. The van der Waals surface area contributed by atoms with E-state index < -0.39 is 5.97 Å². The van der Waals surface area contributed by atoms with Crippen LogP contribution in [0.2, 0.25) is 0 Å². The number of benzene rings is 1. The summed E-state index contributed by atoms with van der Waals surface area (Å²) in [6, 6.07) is 4.91. The van der Waals surface area contributed by atoms with Crippen molar-refractivity contribution in [3.8, 4) is 0 Å². The van der Waals surface area contributed by atoms with Crippen molar-refractivity contribution >= 4 is 17.6 Å². The highest BCUT2D eigenvalue weighted by atomic mass is 16.4. The van der Waals surface area contributed by atoms with Gasteiger partial charge in [-0.3, -0.25) is 4.79 Å². The van der Waals surface area contributed by atoms with Gasteiger partial charge < -0.3 is 15.7 Å². The van der Waals surface area contributed by atoms with Gasteiger partial charge >= 0.3 is 5.97 Å². The van der Waals surface area contributed by atoms with E-state index in [9.17, 15) is 9.59 Å². The summed E-state index contributed by atoms with van der Waals surface area (Å²) in [5.74, 6) is -1.06. The monoisotopic (exact) mass is 262 g/mol. The highest BCUT2D eigenvalue weighted by Crippen LogP contribution is 2.21. The molecular formula is C14H18N2O3. The van der Waals surface area contributed by atoms with Crippen molar-refractivity contribution < 1.29 is 14.7 Å². The maximum atomic E-state index is 12.1. The molecule has 1 heterocycles. The molecule has 0 spiro atoms. The third-order valence-corrected chi connectivity index (χ3v) is 3.49. The van der Waals surface area contributed by atoms with E-state index in [0.717, 1.165) is 19.4 Å². The van der Waals surface area contributed by atoms with Crippen LogP contribution in [0.5, 0.6) is 0 Å². The molecule has 102 valence electrons. The topological polar surface area (TPSA) is 78.4 Å². The maximum Gasteiger partial charge on any atom is 0.336 e. The van der Waals surface area contributed by atoms with E-state index in [1.54, 1.807) is 19.1 Å². The molecule has 1 amide bonds. The number of anilines is 1. The lowest BCUT2D eigenvalue weighted by atomic mass is 9.98. The zero-order chi connectivity index (χ0) is 13.8. The minimum Gasteiger partial charge on any atom is -0.478 e. The second-order valence-electron chi connectivity index (χ2n) is 4.82. The van der Waals surface area contributed by atoms with Crippen LogP contribution in [0.3, 0.4) is 0 Å². The third kappa shape index (κ3) is 3.12. The van der Waals surface area contributed by atoms with Gasteiger partial charge in [-0.25, -0.2) is 4.79 Å². The number of carbonyl (C=O) groups is 2. The molecule has 3 N–H and O–H groups in total. The first-order valence-electron chi connectivity index (χ1n) is 6.44. The van der Waals surface area contributed by atoms with Crippen molar-refractivity contribution in [2.75, 3.05) is 18.4 Å². The number of nitrogens with one attached hydrogen (secondary N) is 2. The summed E-state index contributed by atoms with van der Waals surface area (Å²) in [7, 11) is 0. The number of aromatic carboxylic acids is 1. The molecule has 1 aromatic rings. The molecule has 5 heteroatoms. The van der Waals surface area contributed by atoms with Gasteiger partial charge in [-0.15, -0.1) is 0 Å². The Morgan fingerprint density at radius 1 is 1.42 bits per heavy atom. The van der Waals surface area contributed by atoms with E-state index in [2.05, 4.69) is 10.6 Å². The fourth-order valence-electron chi connectivity index (χ4n) is 2.31. The molecule has 2 rings (SSSR count). The van der Waals surface area contributed by atoms with Gasteiger partial charge in [0.15, 0.2) is 0 Å². The average molecular weight is 262 g/mol. The van der Waals surface area contributed by atoms with Gasteiger partial charge in [0.2, 0.25) is 5.91 Å². The predicted molar refractivity (Wildman–Crippen MR) is 72.4 cm³/mol. The number of rotatable bonds is 3. The Kier molecular flexibility index (Phi) is 4.16. The number of carboxylic acid groups (broad SMARTS) is 1. The summed E-state index contributed by atoms with van der Waals surface area (Å²) < 4.78 is 0. The molecule has 0 aliphatic carbocycles. The first-order chi connectivity index (χ1) is 9.09. The van der Waals surface area contributed by atoms with Crippen LogP contribution in [0.4, 0.5) is 5.69 Å². The molecule has 5 nitrogen and oxygen atoms in total. The van der Waals surface area contributed by atoms with Crippen molar-refractivity contribution in [2.24, 2.45) is 5.92 Å². The Labute approximate surface area is 112 Å². The minimum atomic E-state index is -0.979. The van der Waals surface area contributed by atoms with E-state index in [4.69, 9.17) is 5.11 Å². The molecule has 0 saturated carbocycles. The molecule has 19 heavy (non-hydrogen) atoms. The lowest BCUT2D eigenvalue weighted by molar-refractivity contribution is -0.120. The molecule has 1 atom stereocenters. The summed E-state index contributed by atoms with van der Waals surface area (Å²) in [6.45, 7) is 3.35. The normalized spacial score (nSPS) is 18.9. The summed E-state index contributed by atoms with van der Waals surface area (Å²) in [5.41, 5.74) is 1.39. The number of carbonyl (C=O) groups excluding carboxylic acids is 1. The summed E-state index contributed by atoms with van der Waals surface area (Å²) >= 11 is 0. The summed E-state index contributed by atoms with van der Waals surface area (Å²) in [6.07, 6.45) is 1.86. The molecule has 1 aromatic carbocycles. The standard InChI is InChI=1S/C14H18N2O3/c1-9-11(14(18)19)5-2-6-12(9)16-13(17)10-4-3-7-15-8-10/h2,5-6,10,15H,3-4,7-8H2,1H3,(H,16,17)(H,18,19)/t10-/m0/s1. The van der Waals surface area contributed by atoms with Crippen LogP contribution in [-0.4, -0.2) is 30.1 Å². The lowest BCUT2D eigenvalue weighted by Gasteiger charge is -2.22. The van der Waals surface area contributed by atoms with Crippen molar-refractivity contribution in [3.63, 3.8) is 0 Å². The fourth-order valence-corrected chi connectivity index (χ4v) is 2.31. The highest BCUT2D eigenvalue weighted by Gasteiger charge is 2.21. The van der Waals surface area contributed by atoms with Crippen LogP contribution in [0.25, 0.3) is 0 Å². The van der Waals surface area contributed by atoms with Gasteiger partial charge in [-0.2, -0.15) is 0 Å². The molecule has 1 saturated heterocycles. The molecular weight excluding hydrogens is 244 g/mol. The Balaban J connectivity index is 2.12. The number of piperidine rings is 1. The van der Waals surface area contributed by atoms with Gasteiger partial charge in [-0.05, 0) is 44.0 Å². The smallest absolute Gasteiger partial charge is 0.336 e. The number of amides is 1. The van der Waals surface area contributed by atoms with Crippen LogP contribution in [0.15, 0.2) is 18.2 Å². The Hall–Kier alpha value is -1.88. The molecule has 1 aliphatic heterocycles. The average Bonchev–Trinajstić information content (AvgIpc) is 2.41. The number of carboxylic acids is 1. The van der Waals surface area contributed by atoms with E-state index in [0.29, 0.717) is 17.8 Å². The van der Waals surface area contributed by atoms with Crippen LogP contribution in [-0.2, 0) is 4.79 Å². The lowest BCUT2D eigenvalue weighted by Crippen LogP contribution is -2.37. The quantitative estimate of drug-likeness (QED) is 0.773. The van der Waals surface area contributed by atoms with E-state index in [1.807, 2.05) is 0 Å².